The van der Waals surface area contributed by atoms with Crippen molar-refractivity contribution in [3.8, 4) is 0 Å². The lowest BCUT2D eigenvalue weighted by atomic mass is 10.1. The Hall–Kier alpha value is -2.31. The van der Waals surface area contributed by atoms with Crippen LogP contribution in [-0.4, -0.2) is 26.5 Å². The minimum absolute atomic E-state index is 0.0765. The van der Waals surface area contributed by atoms with Crippen molar-refractivity contribution >= 4 is 11.9 Å². The predicted molar refractivity (Wildman–Crippen MR) is 60.1 cm³/mol. The Balaban J connectivity index is 1.65. The van der Waals surface area contributed by atoms with Crippen LogP contribution in [0.5, 0.6) is 0 Å². The molecule has 1 aromatic carbocycles. The number of H-pyrrole nitrogens is 1. The van der Waals surface area contributed by atoms with E-state index in [-0.39, 0.29) is 29.5 Å². The number of carbonyl (C=O) groups excluding carboxylic acids is 1. The van der Waals surface area contributed by atoms with Gasteiger partial charge in [0.2, 0.25) is 5.91 Å². The number of aromatic nitrogens is 4. The first-order chi connectivity index (χ1) is 8.74. The van der Waals surface area contributed by atoms with Gasteiger partial charge in [0, 0.05) is 5.92 Å². The molecule has 7 heteroatoms. The first kappa shape index (κ1) is 10.8. The summed E-state index contributed by atoms with van der Waals surface area (Å²) in [6.45, 7) is 0. The highest BCUT2D eigenvalue weighted by Gasteiger charge is 2.44. The van der Waals surface area contributed by atoms with E-state index in [0.29, 0.717) is 6.42 Å². The average Bonchev–Trinajstić information content (AvgIpc) is 3.01. The number of benzene rings is 1. The summed E-state index contributed by atoms with van der Waals surface area (Å²) < 4.78 is 13.1. The highest BCUT2D eigenvalue weighted by molar-refractivity contribution is 5.93. The lowest BCUT2D eigenvalue weighted by molar-refractivity contribution is -0.117. The van der Waals surface area contributed by atoms with E-state index in [1.54, 1.807) is 6.07 Å². The first-order valence-electron chi connectivity index (χ1n) is 5.54. The molecule has 0 radical (unpaired) electrons. The van der Waals surface area contributed by atoms with Crippen LogP contribution in [0.1, 0.15) is 17.9 Å². The van der Waals surface area contributed by atoms with Crippen LogP contribution in [0.3, 0.4) is 0 Å². The second-order valence-corrected chi connectivity index (χ2v) is 4.23. The van der Waals surface area contributed by atoms with Crippen LogP contribution >= 0.6 is 0 Å². The van der Waals surface area contributed by atoms with Crippen molar-refractivity contribution in [1.29, 1.82) is 0 Å². The fourth-order valence-corrected chi connectivity index (χ4v) is 2.01. The van der Waals surface area contributed by atoms with Crippen LogP contribution < -0.4 is 5.32 Å². The predicted octanol–water partition coefficient (Wildman–Crippen LogP) is 1.08. The normalized spacial score (nSPS) is 21.6. The Kier molecular flexibility index (Phi) is 2.51. The van der Waals surface area contributed by atoms with Crippen molar-refractivity contribution in [3.63, 3.8) is 0 Å². The third-order valence-corrected chi connectivity index (χ3v) is 2.98. The van der Waals surface area contributed by atoms with E-state index in [0.717, 1.165) is 5.56 Å². The van der Waals surface area contributed by atoms with Gasteiger partial charge < -0.3 is 0 Å². The van der Waals surface area contributed by atoms with Crippen molar-refractivity contribution in [2.45, 2.75) is 12.3 Å². The fraction of sp³-hybridized carbons (Fsp3) is 0.273. The van der Waals surface area contributed by atoms with Crippen LogP contribution in [0, 0.1) is 11.7 Å². The van der Waals surface area contributed by atoms with Crippen LogP contribution in [-0.2, 0) is 4.79 Å². The molecule has 1 fully saturated rings. The Morgan fingerprint density at radius 3 is 3.11 bits per heavy atom. The highest BCUT2D eigenvalue weighted by atomic mass is 19.1. The summed E-state index contributed by atoms with van der Waals surface area (Å²) in [5, 5.41) is 15.4. The summed E-state index contributed by atoms with van der Waals surface area (Å²) in [7, 11) is 0. The number of nitrogens with one attached hydrogen (secondary N) is 2. The summed E-state index contributed by atoms with van der Waals surface area (Å²) >= 11 is 0. The quantitative estimate of drug-likeness (QED) is 0.850. The van der Waals surface area contributed by atoms with Crippen molar-refractivity contribution in [2.24, 2.45) is 5.92 Å². The van der Waals surface area contributed by atoms with E-state index in [2.05, 4.69) is 25.9 Å². The van der Waals surface area contributed by atoms with Crippen molar-refractivity contribution in [1.82, 2.24) is 20.6 Å². The third kappa shape index (κ3) is 2.06. The van der Waals surface area contributed by atoms with Crippen LogP contribution in [0.4, 0.5) is 10.3 Å². The monoisotopic (exact) mass is 247 g/mol. The van der Waals surface area contributed by atoms with Crippen molar-refractivity contribution < 1.29 is 9.18 Å². The number of tetrazole rings is 1. The molecule has 2 N–H and O–H groups in total. The summed E-state index contributed by atoms with van der Waals surface area (Å²) in [5.74, 6) is -0.356. The molecule has 2 atom stereocenters. The third-order valence-electron chi connectivity index (χ3n) is 2.98. The maximum Gasteiger partial charge on any atom is 0.269 e. The van der Waals surface area contributed by atoms with Gasteiger partial charge in [-0.3, -0.25) is 10.1 Å². The number of aromatic amines is 1. The first-order valence-corrected chi connectivity index (χ1v) is 5.54. The molecule has 1 aliphatic carbocycles. The largest absolute Gasteiger partial charge is 0.292 e. The SMILES string of the molecule is O=C(Nc1nn[nH]n1)[C@@H]1C[C@@H]1c1cccc(F)c1. The molecule has 0 unspecified atom stereocenters. The second kappa shape index (κ2) is 4.17. The molecule has 3 rings (SSSR count). The van der Waals surface area contributed by atoms with Gasteiger partial charge in [0.1, 0.15) is 5.82 Å². The number of amides is 1. The minimum atomic E-state index is -0.281. The molecule has 92 valence electrons. The van der Waals surface area contributed by atoms with Crippen molar-refractivity contribution in [2.75, 3.05) is 5.32 Å². The van der Waals surface area contributed by atoms with E-state index in [1.807, 2.05) is 6.07 Å². The Labute approximate surface area is 102 Å². The molecule has 1 heterocycles. The number of rotatable bonds is 3. The zero-order chi connectivity index (χ0) is 12.5. The maximum atomic E-state index is 13.1. The summed E-state index contributed by atoms with van der Waals surface area (Å²) in [6, 6.07) is 6.33. The van der Waals surface area contributed by atoms with Crippen LogP contribution in [0.2, 0.25) is 0 Å². The van der Waals surface area contributed by atoms with Gasteiger partial charge in [0.25, 0.3) is 5.95 Å². The highest BCUT2D eigenvalue weighted by Crippen LogP contribution is 2.47. The van der Waals surface area contributed by atoms with Crippen LogP contribution in [0.15, 0.2) is 24.3 Å². The molecule has 0 aliphatic heterocycles. The van der Waals surface area contributed by atoms with E-state index in [9.17, 15) is 9.18 Å². The van der Waals surface area contributed by atoms with Gasteiger partial charge in [0.15, 0.2) is 0 Å². The minimum Gasteiger partial charge on any atom is -0.292 e. The van der Waals surface area contributed by atoms with Crippen molar-refractivity contribution in [3.05, 3.63) is 35.6 Å². The summed E-state index contributed by atoms with van der Waals surface area (Å²) in [4.78, 5) is 11.8. The molecule has 0 saturated heterocycles. The fourth-order valence-electron chi connectivity index (χ4n) is 2.01. The van der Waals surface area contributed by atoms with Gasteiger partial charge in [-0.1, -0.05) is 17.2 Å². The zero-order valence-corrected chi connectivity index (χ0v) is 9.30. The number of anilines is 1. The molecule has 1 saturated carbocycles. The van der Waals surface area contributed by atoms with E-state index < -0.39 is 0 Å². The average molecular weight is 247 g/mol. The summed E-state index contributed by atoms with van der Waals surface area (Å²) in [6.07, 6.45) is 0.715. The Bertz CT molecular complexity index is 571. The molecule has 0 bridgehead atoms. The lowest BCUT2D eigenvalue weighted by Crippen LogP contribution is -2.15. The number of hydrogen-bond donors (Lipinski definition) is 2. The zero-order valence-electron chi connectivity index (χ0n) is 9.30. The van der Waals surface area contributed by atoms with Gasteiger partial charge in [-0.25, -0.2) is 4.39 Å². The number of nitrogens with zero attached hydrogens (tertiary/aromatic N) is 3. The van der Waals surface area contributed by atoms with E-state index in [4.69, 9.17) is 0 Å². The number of carbonyl (C=O) groups is 1. The molecule has 1 aliphatic rings. The van der Waals surface area contributed by atoms with Gasteiger partial charge in [-0.2, -0.15) is 5.21 Å². The molecule has 18 heavy (non-hydrogen) atoms. The molecule has 1 aromatic heterocycles. The van der Waals surface area contributed by atoms with Gasteiger partial charge in [-0.15, -0.1) is 5.10 Å². The van der Waals surface area contributed by atoms with Gasteiger partial charge in [-0.05, 0) is 35.2 Å². The topological polar surface area (TPSA) is 83.6 Å². The molecule has 6 nitrogen and oxygen atoms in total. The lowest BCUT2D eigenvalue weighted by Gasteiger charge is -2.00. The molecular weight excluding hydrogens is 237 g/mol. The molecular formula is C11H10FN5O. The smallest absolute Gasteiger partial charge is 0.269 e. The molecule has 1 amide bonds. The van der Waals surface area contributed by atoms with E-state index >= 15 is 0 Å². The Morgan fingerprint density at radius 1 is 1.50 bits per heavy atom. The maximum absolute atomic E-state index is 13.1. The van der Waals surface area contributed by atoms with Gasteiger partial charge in [0.05, 0.1) is 0 Å². The van der Waals surface area contributed by atoms with Gasteiger partial charge >= 0.3 is 0 Å². The standard InChI is InChI=1S/C11H10FN5O/c12-7-3-1-2-6(4-7)8-5-9(8)10(18)13-11-14-16-17-15-11/h1-4,8-9H,5H2,(H2,13,14,15,16,17,18)/t8-,9-/m1/s1. The summed E-state index contributed by atoms with van der Waals surface area (Å²) in [5.41, 5.74) is 0.850. The van der Waals surface area contributed by atoms with Crippen LogP contribution in [0.25, 0.3) is 0 Å². The number of hydrogen-bond acceptors (Lipinski definition) is 4. The molecule has 2 aromatic rings. The Morgan fingerprint density at radius 2 is 2.39 bits per heavy atom. The second-order valence-electron chi connectivity index (χ2n) is 4.23. The number of halogens is 1. The molecule has 0 spiro atoms. The van der Waals surface area contributed by atoms with E-state index in [1.165, 1.54) is 12.1 Å².